The quantitative estimate of drug-likeness (QED) is 0.707. The molecule has 0 saturated carbocycles. The van der Waals surface area contributed by atoms with E-state index in [1.807, 2.05) is 48.5 Å². The standard InChI is InChI=1S/C24H24N4O2/c1-30-20-8-6-17(7-9-20)15-27-24(29)18-10-12-28(13-11-18)23-19(14-25)16-26-22-5-3-2-4-21(22)23/h2-9,16,18H,10-13,15H2,1H3,(H,27,29). The molecule has 152 valence electrons. The molecule has 30 heavy (non-hydrogen) atoms. The molecule has 6 nitrogen and oxygen atoms in total. The largest absolute Gasteiger partial charge is 0.497 e. The van der Waals surface area contributed by atoms with Crippen molar-refractivity contribution in [2.75, 3.05) is 25.1 Å². The number of hydrogen-bond donors (Lipinski definition) is 1. The van der Waals surface area contributed by atoms with Crippen molar-refractivity contribution < 1.29 is 9.53 Å². The molecule has 1 amide bonds. The molecule has 0 spiro atoms. The molecule has 0 bridgehead atoms. The summed E-state index contributed by atoms with van der Waals surface area (Å²) >= 11 is 0. The molecule has 0 unspecified atom stereocenters. The van der Waals surface area contributed by atoms with Gasteiger partial charge in [-0.1, -0.05) is 30.3 Å². The lowest BCUT2D eigenvalue weighted by Crippen LogP contribution is -2.40. The molecule has 2 heterocycles. The summed E-state index contributed by atoms with van der Waals surface area (Å²) < 4.78 is 5.16. The van der Waals surface area contributed by atoms with Crippen molar-refractivity contribution in [2.24, 2.45) is 5.92 Å². The first-order chi connectivity index (χ1) is 14.7. The molecule has 3 aromatic rings. The van der Waals surface area contributed by atoms with E-state index in [4.69, 9.17) is 4.74 Å². The Hall–Kier alpha value is -3.59. The van der Waals surface area contributed by atoms with Crippen molar-refractivity contribution >= 4 is 22.5 Å². The van der Waals surface area contributed by atoms with Crippen molar-refractivity contribution in [2.45, 2.75) is 19.4 Å². The van der Waals surface area contributed by atoms with Crippen LogP contribution in [0.25, 0.3) is 10.9 Å². The van der Waals surface area contributed by atoms with E-state index in [0.29, 0.717) is 12.1 Å². The first kappa shape index (κ1) is 19.7. The van der Waals surface area contributed by atoms with E-state index in [1.54, 1.807) is 13.3 Å². The van der Waals surface area contributed by atoms with Gasteiger partial charge < -0.3 is 15.0 Å². The first-order valence-electron chi connectivity index (χ1n) is 10.1. The molecule has 1 aliphatic rings. The fraction of sp³-hybridized carbons (Fsp3) is 0.292. The molecule has 0 radical (unpaired) electrons. The highest BCUT2D eigenvalue weighted by Crippen LogP contribution is 2.32. The summed E-state index contributed by atoms with van der Waals surface area (Å²) in [5.41, 5.74) is 3.44. The molecule has 6 heteroatoms. The topological polar surface area (TPSA) is 78.2 Å². The van der Waals surface area contributed by atoms with Gasteiger partial charge in [0.25, 0.3) is 0 Å². The normalized spacial score (nSPS) is 14.3. The van der Waals surface area contributed by atoms with E-state index in [0.717, 1.165) is 53.8 Å². The van der Waals surface area contributed by atoms with Gasteiger partial charge >= 0.3 is 0 Å². The van der Waals surface area contributed by atoms with Gasteiger partial charge in [-0.25, -0.2) is 0 Å². The van der Waals surface area contributed by atoms with Crippen LogP contribution in [0.3, 0.4) is 0 Å². The zero-order valence-electron chi connectivity index (χ0n) is 17.0. The Kier molecular flexibility index (Phi) is 5.80. The average molecular weight is 400 g/mol. The second-order valence-electron chi connectivity index (χ2n) is 7.48. The Morgan fingerprint density at radius 2 is 1.93 bits per heavy atom. The monoisotopic (exact) mass is 400 g/mol. The molecule has 1 saturated heterocycles. The summed E-state index contributed by atoms with van der Waals surface area (Å²) in [5.74, 6) is 0.876. The Morgan fingerprint density at radius 3 is 2.63 bits per heavy atom. The second-order valence-corrected chi connectivity index (χ2v) is 7.48. The predicted molar refractivity (Wildman–Crippen MR) is 116 cm³/mol. The van der Waals surface area contributed by atoms with Gasteiger partial charge in [-0.2, -0.15) is 5.26 Å². The van der Waals surface area contributed by atoms with Crippen LogP contribution in [0.5, 0.6) is 5.75 Å². The van der Waals surface area contributed by atoms with E-state index in [9.17, 15) is 10.1 Å². The second kappa shape index (κ2) is 8.83. The van der Waals surface area contributed by atoms with Crippen LogP contribution in [-0.2, 0) is 11.3 Å². The van der Waals surface area contributed by atoms with Crippen LogP contribution in [0.1, 0.15) is 24.0 Å². The maximum absolute atomic E-state index is 12.7. The molecule has 2 aromatic carbocycles. The summed E-state index contributed by atoms with van der Waals surface area (Å²) in [5, 5.41) is 13.6. The highest BCUT2D eigenvalue weighted by Gasteiger charge is 2.27. The number of methoxy groups -OCH3 is 1. The molecular formula is C24H24N4O2. The smallest absolute Gasteiger partial charge is 0.223 e. The molecular weight excluding hydrogens is 376 g/mol. The van der Waals surface area contributed by atoms with Gasteiger partial charge in [0.05, 0.1) is 23.9 Å². The number of nitriles is 1. The van der Waals surface area contributed by atoms with Gasteiger partial charge in [0.1, 0.15) is 11.8 Å². The lowest BCUT2D eigenvalue weighted by Gasteiger charge is -2.34. The van der Waals surface area contributed by atoms with Gasteiger partial charge in [0.2, 0.25) is 5.91 Å². The van der Waals surface area contributed by atoms with Crippen LogP contribution in [0.15, 0.2) is 54.7 Å². The number of anilines is 1. The van der Waals surface area contributed by atoms with E-state index in [1.165, 1.54) is 0 Å². The van der Waals surface area contributed by atoms with E-state index >= 15 is 0 Å². The number of para-hydroxylation sites is 1. The molecule has 1 aromatic heterocycles. The number of rotatable bonds is 5. The minimum atomic E-state index is -0.0156. The number of carbonyl (C=O) groups is 1. The summed E-state index contributed by atoms with van der Waals surface area (Å²) in [6.07, 6.45) is 3.16. The minimum Gasteiger partial charge on any atom is -0.497 e. The summed E-state index contributed by atoms with van der Waals surface area (Å²) in [4.78, 5) is 19.3. The fourth-order valence-electron chi connectivity index (χ4n) is 3.99. The lowest BCUT2D eigenvalue weighted by molar-refractivity contribution is -0.125. The number of nitrogens with one attached hydrogen (secondary N) is 1. The number of aromatic nitrogens is 1. The van der Waals surface area contributed by atoms with E-state index in [-0.39, 0.29) is 11.8 Å². The number of benzene rings is 2. The minimum absolute atomic E-state index is 0.0156. The molecule has 4 rings (SSSR count). The van der Waals surface area contributed by atoms with Crippen LogP contribution >= 0.6 is 0 Å². The van der Waals surface area contributed by atoms with Gasteiger partial charge in [-0.3, -0.25) is 9.78 Å². The van der Waals surface area contributed by atoms with Crippen molar-refractivity contribution in [1.82, 2.24) is 10.3 Å². The van der Waals surface area contributed by atoms with Crippen LogP contribution in [0.2, 0.25) is 0 Å². The Labute approximate surface area is 176 Å². The lowest BCUT2D eigenvalue weighted by atomic mass is 9.94. The maximum atomic E-state index is 12.7. The molecule has 1 N–H and O–H groups in total. The van der Waals surface area contributed by atoms with E-state index in [2.05, 4.69) is 21.3 Å². The summed E-state index contributed by atoms with van der Waals surface area (Å²) in [6.45, 7) is 1.99. The number of carbonyl (C=O) groups excluding carboxylic acids is 1. The number of ether oxygens (including phenoxy) is 1. The van der Waals surface area contributed by atoms with Gasteiger partial charge in [0.15, 0.2) is 0 Å². The third-order valence-electron chi connectivity index (χ3n) is 5.68. The Morgan fingerprint density at radius 1 is 1.20 bits per heavy atom. The van der Waals surface area contributed by atoms with Crippen LogP contribution in [0.4, 0.5) is 5.69 Å². The molecule has 1 aliphatic heterocycles. The predicted octanol–water partition coefficient (Wildman–Crippen LogP) is 3.65. The van der Waals surface area contributed by atoms with Crippen LogP contribution < -0.4 is 15.0 Å². The number of pyridine rings is 1. The van der Waals surface area contributed by atoms with Crippen molar-refractivity contribution in [3.8, 4) is 11.8 Å². The van der Waals surface area contributed by atoms with Gasteiger partial charge in [-0.05, 0) is 36.6 Å². The highest BCUT2D eigenvalue weighted by atomic mass is 16.5. The SMILES string of the molecule is COc1ccc(CNC(=O)C2CCN(c3c(C#N)cnc4ccccc34)CC2)cc1. The third kappa shape index (κ3) is 4.06. The van der Waals surface area contributed by atoms with Crippen LogP contribution in [0, 0.1) is 17.2 Å². The third-order valence-corrected chi connectivity index (χ3v) is 5.68. The average Bonchev–Trinajstić information content (AvgIpc) is 2.82. The molecule has 1 fully saturated rings. The zero-order valence-corrected chi connectivity index (χ0v) is 17.0. The Balaban J connectivity index is 1.40. The molecule has 0 aliphatic carbocycles. The van der Waals surface area contributed by atoms with Crippen molar-refractivity contribution in [3.63, 3.8) is 0 Å². The summed E-state index contributed by atoms with van der Waals surface area (Å²) in [6, 6.07) is 17.9. The van der Waals surface area contributed by atoms with Gasteiger partial charge in [-0.15, -0.1) is 0 Å². The number of nitrogens with zero attached hydrogens (tertiary/aromatic N) is 3. The summed E-state index contributed by atoms with van der Waals surface area (Å²) in [7, 11) is 1.64. The number of hydrogen-bond acceptors (Lipinski definition) is 5. The van der Waals surface area contributed by atoms with Crippen molar-refractivity contribution in [1.29, 1.82) is 5.26 Å². The van der Waals surface area contributed by atoms with Gasteiger partial charge in [0, 0.05) is 37.1 Å². The van der Waals surface area contributed by atoms with Crippen LogP contribution in [-0.4, -0.2) is 31.1 Å². The molecule has 0 atom stereocenters. The van der Waals surface area contributed by atoms with E-state index < -0.39 is 0 Å². The fourth-order valence-corrected chi connectivity index (χ4v) is 3.99. The maximum Gasteiger partial charge on any atom is 0.223 e. The number of piperidine rings is 1. The number of fused-ring (bicyclic) bond motifs is 1. The Bertz CT molecular complexity index is 1080. The van der Waals surface area contributed by atoms with Crippen molar-refractivity contribution in [3.05, 3.63) is 65.9 Å². The zero-order chi connectivity index (χ0) is 20.9. The highest BCUT2D eigenvalue weighted by molar-refractivity contribution is 5.94. The number of amides is 1. The first-order valence-corrected chi connectivity index (χ1v) is 10.1.